The number of hydrogen-bond donors (Lipinski definition) is 1. The number of benzene rings is 2. The van der Waals surface area contributed by atoms with Gasteiger partial charge in [-0.3, -0.25) is 0 Å². The minimum atomic E-state index is -3.15. The number of sulfone groups is 1. The van der Waals surface area contributed by atoms with Crippen molar-refractivity contribution >= 4 is 9.84 Å². The van der Waals surface area contributed by atoms with Crippen molar-refractivity contribution in [2.75, 3.05) is 13.3 Å². The van der Waals surface area contributed by atoms with Crippen LogP contribution in [0.3, 0.4) is 0 Å². The SMILES string of the molecule is CNC(c1ccc(S(C)(=O)=O)cc1)c1cccc(C)c1C. The lowest BCUT2D eigenvalue weighted by molar-refractivity contribution is 0.601. The molecule has 0 radical (unpaired) electrons. The highest BCUT2D eigenvalue weighted by Gasteiger charge is 2.16. The first-order valence-corrected chi connectivity index (χ1v) is 8.77. The fraction of sp³-hybridized carbons (Fsp3) is 0.294. The predicted octanol–water partition coefficient (Wildman–Crippen LogP) is 3.02. The van der Waals surface area contributed by atoms with Crippen LogP contribution in [0, 0.1) is 13.8 Å². The summed E-state index contributed by atoms with van der Waals surface area (Å²) in [7, 11) is -1.24. The van der Waals surface area contributed by atoms with E-state index in [9.17, 15) is 8.42 Å². The van der Waals surface area contributed by atoms with Gasteiger partial charge in [0.2, 0.25) is 0 Å². The molecule has 3 nitrogen and oxygen atoms in total. The second kappa shape index (κ2) is 6.00. The van der Waals surface area contributed by atoms with E-state index in [1.165, 1.54) is 22.9 Å². The van der Waals surface area contributed by atoms with Crippen molar-refractivity contribution in [2.45, 2.75) is 24.8 Å². The Bertz CT molecular complexity index is 734. The second-order valence-corrected chi connectivity index (χ2v) is 7.37. The first kappa shape index (κ1) is 15.7. The molecule has 0 bridgehead atoms. The average molecular weight is 303 g/mol. The van der Waals surface area contributed by atoms with Gasteiger partial charge in [-0.2, -0.15) is 0 Å². The Hall–Kier alpha value is -1.65. The van der Waals surface area contributed by atoms with Gasteiger partial charge >= 0.3 is 0 Å². The van der Waals surface area contributed by atoms with E-state index in [0.717, 1.165) is 5.56 Å². The Kier molecular flexibility index (Phi) is 4.49. The summed E-state index contributed by atoms with van der Waals surface area (Å²) >= 11 is 0. The third-order valence-corrected chi connectivity index (χ3v) is 5.02. The highest BCUT2D eigenvalue weighted by atomic mass is 32.2. The van der Waals surface area contributed by atoms with E-state index in [2.05, 4.69) is 31.3 Å². The van der Waals surface area contributed by atoms with E-state index >= 15 is 0 Å². The molecule has 0 fully saturated rings. The van der Waals surface area contributed by atoms with Crippen LogP contribution in [0.1, 0.15) is 28.3 Å². The van der Waals surface area contributed by atoms with Crippen molar-refractivity contribution in [3.05, 3.63) is 64.7 Å². The summed E-state index contributed by atoms with van der Waals surface area (Å²) in [5, 5.41) is 3.31. The highest BCUT2D eigenvalue weighted by molar-refractivity contribution is 7.90. The van der Waals surface area contributed by atoms with Crippen LogP contribution < -0.4 is 5.32 Å². The van der Waals surface area contributed by atoms with Gasteiger partial charge in [-0.1, -0.05) is 30.3 Å². The van der Waals surface area contributed by atoms with Crippen molar-refractivity contribution in [1.29, 1.82) is 0 Å². The smallest absolute Gasteiger partial charge is 0.175 e. The number of aryl methyl sites for hydroxylation is 1. The Balaban J connectivity index is 2.45. The van der Waals surface area contributed by atoms with Crippen molar-refractivity contribution in [2.24, 2.45) is 0 Å². The Morgan fingerprint density at radius 1 is 1.00 bits per heavy atom. The topological polar surface area (TPSA) is 46.2 Å². The zero-order valence-corrected chi connectivity index (χ0v) is 13.7. The molecule has 0 spiro atoms. The van der Waals surface area contributed by atoms with Crippen LogP contribution in [0.25, 0.3) is 0 Å². The molecular weight excluding hydrogens is 282 g/mol. The fourth-order valence-electron chi connectivity index (χ4n) is 2.50. The lowest BCUT2D eigenvalue weighted by Crippen LogP contribution is -2.19. The first-order valence-electron chi connectivity index (χ1n) is 6.88. The van der Waals surface area contributed by atoms with Gasteiger partial charge in [0.05, 0.1) is 10.9 Å². The summed E-state index contributed by atoms with van der Waals surface area (Å²) in [6.45, 7) is 4.21. The van der Waals surface area contributed by atoms with E-state index < -0.39 is 9.84 Å². The summed E-state index contributed by atoms with van der Waals surface area (Å²) < 4.78 is 23.1. The first-order chi connectivity index (χ1) is 9.84. The maximum Gasteiger partial charge on any atom is 0.175 e. The predicted molar refractivity (Wildman–Crippen MR) is 86.4 cm³/mol. The van der Waals surface area contributed by atoms with Gasteiger partial charge < -0.3 is 5.32 Å². The van der Waals surface area contributed by atoms with Crippen LogP contribution in [-0.2, 0) is 9.84 Å². The largest absolute Gasteiger partial charge is 0.309 e. The van der Waals surface area contributed by atoms with E-state index in [4.69, 9.17) is 0 Å². The Morgan fingerprint density at radius 2 is 1.62 bits per heavy atom. The van der Waals surface area contributed by atoms with Crippen LogP contribution in [-0.4, -0.2) is 21.7 Å². The molecule has 2 rings (SSSR count). The van der Waals surface area contributed by atoms with Crippen LogP contribution in [0.5, 0.6) is 0 Å². The maximum absolute atomic E-state index is 11.5. The third-order valence-electron chi connectivity index (χ3n) is 3.89. The molecular formula is C17H21NO2S. The van der Waals surface area contributed by atoms with Crippen molar-refractivity contribution in [1.82, 2.24) is 5.32 Å². The molecule has 112 valence electrons. The zero-order valence-electron chi connectivity index (χ0n) is 12.8. The van der Waals surface area contributed by atoms with E-state index in [-0.39, 0.29) is 6.04 Å². The van der Waals surface area contributed by atoms with E-state index in [1.54, 1.807) is 12.1 Å². The molecule has 1 atom stereocenters. The minimum absolute atomic E-state index is 0.0542. The lowest BCUT2D eigenvalue weighted by Gasteiger charge is -2.20. The van der Waals surface area contributed by atoms with Gasteiger partial charge in [-0.25, -0.2) is 8.42 Å². The number of rotatable bonds is 4. The minimum Gasteiger partial charge on any atom is -0.309 e. The standard InChI is InChI=1S/C17H21NO2S/c1-12-6-5-7-16(13(12)2)17(18-3)14-8-10-15(11-9-14)21(4,19)20/h5-11,17-18H,1-4H3. The maximum atomic E-state index is 11.5. The van der Waals surface area contributed by atoms with E-state index in [1.807, 2.05) is 25.2 Å². The summed E-state index contributed by atoms with van der Waals surface area (Å²) in [5.74, 6) is 0. The average Bonchev–Trinajstić information content (AvgIpc) is 2.44. The molecule has 0 aliphatic heterocycles. The van der Waals surface area contributed by atoms with Crippen molar-refractivity contribution < 1.29 is 8.42 Å². The molecule has 1 unspecified atom stereocenters. The molecule has 0 aliphatic rings. The Morgan fingerprint density at radius 3 is 2.14 bits per heavy atom. The fourth-order valence-corrected chi connectivity index (χ4v) is 3.13. The van der Waals surface area contributed by atoms with Gasteiger partial charge in [0.15, 0.2) is 9.84 Å². The molecule has 0 aromatic heterocycles. The monoisotopic (exact) mass is 303 g/mol. The van der Waals surface area contributed by atoms with Gasteiger partial charge in [-0.15, -0.1) is 0 Å². The van der Waals surface area contributed by atoms with Crippen molar-refractivity contribution in [3.8, 4) is 0 Å². The zero-order chi connectivity index (χ0) is 15.6. The quantitative estimate of drug-likeness (QED) is 0.944. The summed E-state index contributed by atoms with van der Waals surface area (Å²) in [6, 6.07) is 13.4. The van der Waals surface area contributed by atoms with Crippen LogP contribution in [0.2, 0.25) is 0 Å². The van der Waals surface area contributed by atoms with Crippen LogP contribution >= 0.6 is 0 Å². The summed E-state index contributed by atoms with van der Waals surface area (Å²) in [4.78, 5) is 0.349. The van der Waals surface area contributed by atoms with Crippen LogP contribution in [0.15, 0.2) is 47.4 Å². The normalized spacial score (nSPS) is 13.1. The van der Waals surface area contributed by atoms with Gasteiger partial charge in [0, 0.05) is 6.26 Å². The van der Waals surface area contributed by atoms with Gasteiger partial charge in [-0.05, 0) is 55.3 Å². The molecule has 2 aromatic carbocycles. The number of nitrogens with one attached hydrogen (secondary N) is 1. The Labute approximate surface area is 126 Å². The molecule has 2 aromatic rings. The van der Waals surface area contributed by atoms with Crippen LogP contribution in [0.4, 0.5) is 0 Å². The third kappa shape index (κ3) is 3.34. The van der Waals surface area contributed by atoms with Gasteiger partial charge in [0.1, 0.15) is 0 Å². The molecule has 4 heteroatoms. The molecule has 1 N–H and O–H groups in total. The van der Waals surface area contributed by atoms with Crippen molar-refractivity contribution in [3.63, 3.8) is 0 Å². The molecule has 0 saturated heterocycles. The summed E-state index contributed by atoms with van der Waals surface area (Å²) in [6.07, 6.45) is 1.22. The lowest BCUT2D eigenvalue weighted by atomic mass is 9.93. The van der Waals surface area contributed by atoms with Gasteiger partial charge in [0.25, 0.3) is 0 Å². The summed E-state index contributed by atoms with van der Waals surface area (Å²) in [5.41, 5.74) is 4.77. The second-order valence-electron chi connectivity index (χ2n) is 5.35. The molecule has 0 heterocycles. The molecule has 0 saturated carbocycles. The molecule has 21 heavy (non-hydrogen) atoms. The van der Waals surface area contributed by atoms with E-state index in [0.29, 0.717) is 4.90 Å². The molecule has 0 amide bonds. The highest BCUT2D eigenvalue weighted by Crippen LogP contribution is 2.27. The molecule has 0 aliphatic carbocycles. The number of hydrogen-bond acceptors (Lipinski definition) is 3.